The third-order valence-electron chi connectivity index (χ3n) is 2.70. The number of hydrogen-bond acceptors (Lipinski definition) is 4. The molecule has 0 bridgehead atoms. The third kappa shape index (κ3) is 3.14. The molecule has 1 aliphatic heterocycles. The number of nitrogen functional groups attached to an aromatic ring is 1. The molecule has 0 spiro atoms. The Morgan fingerprint density at radius 1 is 1.32 bits per heavy atom. The minimum absolute atomic E-state index is 0.0778. The molecule has 1 fully saturated rings. The van der Waals surface area contributed by atoms with Crippen molar-refractivity contribution in [2.75, 3.05) is 22.6 Å². The monoisotopic (exact) mass is 358 g/mol. The first kappa shape index (κ1) is 14.4. The van der Waals surface area contributed by atoms with Crippen LogP contribution < -0.4 is 11.1 Å². The quantitative estimate of drug-likeness (QED) is 0.795. The number of nitrogens with two attached hydrogens (primary N) is 1. The third-order valence-corrected chi connectivity index (χ3v) is 4.98. The number of benzene rings is 1. The van der Waals surface area contributed by atoms with Gasteiger partial charge in [0.05, 0.1) is 34.5 Å². The second kappa shape index (κ2) is 4.55. The molecule has 0 aliphatic carbocycles. The van der Waals surface area contributed by atoms with Gasteiger partial charge in [-0.15, -0.1) is 0 Å². The van der Waals surface area contributed by atoms with E-state index in [0.717, 1.165) is 6.07 Å². The lowest BCUT2D eigenvalue weighted by atomic mass is 10.1. The number of anilines is 2. The Kier molecular flexibility index (Phi) is 3.46. The molecule has 9 heteroatoms. The van der Waals surface area contributed by atoms with E-state index >= 15 is 0 Å². The molecule has 3 N–H and O–H groups in total. The van der Waals surface area contributed by atoms with Gasteiger partial charge in [0.25, 0.3) is 0 Å². The van der Waals surface area contributed by atoms with E-state index in [-0.39, 0.29) is 27.4 Å². The van der Waals surface area contributed by atoms with Crippen LogP contribution in [0.5, 0.6) is 0 Å². The lowest BCUT2D eigenvalue weighted by Gasteiger charge is -2.29. The fourth-order valence-electron chi connectivity index (χ4n) is 1.86. The minimum atomic E-state index is -4.57. The SMILES string of the molecule is Nc1cc(Br)cc(C(F)(F)F)c1NC1CS(=O)(=O)C1. The molecule has 2 rings (SSSR count). The van der Waals surface area contributed by atoms with Crippen molar-refractivity contribution in [3.05, 3.63) is 22.2 Å². The Bertz CT molecular complexity index is 604. The summed E-state index contributed by atoms with van der Waals surface area (Å²) in [5.74, 6) is -0.362. The number of hydrogen-bond donors (Lipinski definition) is 2. The molecule has 106 valence electrons. The summed E-state index contributed by atoms with van der Waals surface area (Å²) in [6.07, 6.45) is -4.57. The number of nitrogens with one attached hydrogen (secondary N) is 1. The predicted octanol–water partition coefficient (Wildman–Crippen LogP) is 2.26. The van der Waals surface area contributed by atoms with Crippen molar-refractivity contribution in [2.24, 2.45) is 0 Å². The van der Waals surface area contributed by atoms with Crippen LogP contribution in [0.1, 0.15) is 5.56 Å². The first-order valence-corrected chi connectivity index (χ1v) is 7.83. The van der Waals surface area contributed by atoms with Crippen molar-refractivity contribution in [3.63, 3.8) is 0 Å². The van der Waals surface area contributed by atoms with Crippen LogP contribution in [0, 0.1) is 0 Å². The molecule has 19 heavy (non-hydrogen) atoms. The van der Waals surface area contributed by atoms with Crippen molar-refractivity contribution in [1.82, 2.24) is 0 Å². The highest BCUT2D eigenvalue weighted by atomic mass is 79.9. The first-order valence-electron chi connectivity index (χ1n) is 5.22. The number of sulfone groups is 1. The van der Waals surface area contributed by atoms with E-state index in [4.69, 9.17) is 5.73 Å². The summed E-state index contributed by atoms with van der Waals surface area (Å²) in [7, 11) is -3.11. The minimum Gasteiger partial charge on any atom is -0.397 e. The molecule has 0 unspecified atom stereocenters. The number of halogens is 4. The van der Waals surface area contributed by atoms with Crippen LogP contribution in [0.4, 0.5) is 24.5 Å². The van der Waals surface area contributed by atoms with Crippen LogP contribution in [0.2, 0.25) is 0 Å². The second-order valence-electron chi connectivity index (χ2n) is 4.33. The van der Waals surface area contributed by atoms with E-state index in [9.17, 15) is 21.6 Å². The Labute approximate surface area is 116 Å². The standard InChI is InChI=1S/C10H10BrF3N2O2S/c11-5-1-7(10(12,13)14)9(8(15)2-5)16-6-3-19(17,18)4-6/h1-2,6,16H,3-4,15H2. The average molecular weight is 359 g/mol. The van der Waals surface area contributed by atoms with Gasteiger partial charge in [-0.25, -0.2) is 8.42 Å². The molecule has 0 saturated carbocycles. The van der Waals surface area contributed by atoms with Crippen molar-refractivity contribution in [2.45, 2.75) is 12.2 Å². The molecular weight excluding hydrogens is 349 g/mol. The summed E-state index contributed by atoms with van der Waals surface area (Å²) < 4.78 is 60.9. The van der Waals surface area contributed by atoms with E-state index in [1.165, 1.54) is 6.07 Å². The summed E-state index contributed by atoms with van der Waals surface area (Å²) >= 11 is 2.95. The van der Waals surface area contributed by atoms with Gasteiger partial charge in [-0.05, 0) is 12.1 Å². The van der Waals surface area contributed by atoms with Crippen LogP contribution in [0.15, 0.2) is 16.6 Å². The van der Waals surface area contributed by atoms with E-state index in [2.05, 4.69) is 21.2 Å². The summed E-state index contributed by atoms with van der Waals surface area (Å²) in [5, 5.41) is 2.56. The highest BCUT2D eigenvalue weighted by molar-refractivity contribution is 9.10. The zero-order valence-corrected chi connectivity index (χ0v) is 11.9. The van der Waals surface area contributed by atoms with Gasteiger partial charge in [0, 0.05) is 4.47 Å². The van der Waals surface area contributed by atoms with Crippen LogP contribution in [0.3, 0.4) is 0 Å². The van der Waals surface area contributed by atoms with Crippen molar-refractivity contribution < 1.29 is 21.6 Å². The highest BCUT2D eigenvalue weighted by Crippen LogP contribution is 2.40. The van der Waals surface area contributed by atoms with E-state index < -0.39 is 27.6 Å². The Morgan fingerprint density at radius 2 is 1.89 bits per heavy atom. The molecule has 0 amide bonds. The lowest BCUT2D eigenvalue weighted by molar-refractivity contribution is -0.137. The second-order valence-corrected chi connectivity index (χ2v) is 7.40. The Balaban J connectivity index is 2.34. The largest absolute Gasteiger partial charge is 0.418 e. The van der Waals surface area contributed by atoms with Crippen molar-refractivity contribution in [1.29, 1.82) is 0 Å². The average Bonchev–Trinajstić information content (AvgIpc) is 2.17. The molecule has 1 heterocycles. The molecule has 0 radical (unpaired) electrons. The molecule has 1 aliphatic rings. The van der Waals surface area contributed by atoms with Crippen LogP contribution in [-0.4, -0.2) is 26.0 Å². The van der Waals surface area contributed by atoms with E-state index in [1.54, 1.807) is 0 Å². The van der Waals surface area contributed by atoms with Crippen molar-refractivity contribution in [3.8, 4) is 0 Å². The van der Waals surface area contributed by atoms with Gasteiger partial charge >= 0.3 is 6.18 Å². The van der Waals surface area contributed by atoms with Crippen LogP contribution >= 0.6 is 15.9 Å². The number of alkyl halides is 3. The normalized spacial score (nSPS) is 18.9. The summed E-state index contributed by atoms with van der Waals surface area (Å²) in [5.41, 5.74) is 4.31. The van der Waals surface area contributed by atoms with Crippen molar-refractivity contribution >= 4 is 37.1 Å². The topological polar surface area (TPSA) is 72.2 Å². The lowest BCUT2D eigenvalue weighted by Crippen LogP contribution is -2.47. The maximum Gasteiger partial charge on any atom is 0.418 e. The molecule has 0 aromatic heterocycles. The molecule has 1 aromatic rings. The fourth-order valence-corrected chi connectivity index (χ4v) is 3.63. The zero-order valence-electron chi connectivity index (χ0n) is 9.46. The highest BCUT2D eigenvalue weighted by Gasteiger charge is 2.38. The van der Waals surface area contributed by atoms with Crippen LogP contribution in [-0.2, 0) is 16.0 Å². The van der Waals surface area contributed by atoms with Gasteiger partial charge in [0.1, 0.15) is 0 Å². The smallest absolute Gasteiger partial charge is 0.397 e. The van der Waals surface area contributed by atoms with E-state index in [1.807, 2.05) is 0 Å². The molecule has 4 nitrogen and oxygen atoms in total. The molecule has 1 saturated heterocycles. The van der Waals surface area contributed by atoms with Gasteiger partial charge in [0.15, 0.2) is 9.84 Å². The van der Waals surface area contributed by atoms with Gasteiger partial charge in [0.2, 0.25) is 0 Å². The van der Waals surface area contributed by atoms with Gasteiger partial charge in [-0.3, -0.25) is 0 Å². The zero-order chi connectivity index (χ0) is 14.4. The Hall–Kier alpha value is -0.960. The van der Waals surface area contributed by atoms with Gasteiger partial charge < -0.3 is 11.1 Å². The fraction of sp³-hybridized carbons (Fsp3) is 0.400. The molecule has 1 aromatic carbocycles. The first-order chi connectivity index (χ1) is 8.58. The van der Waals surface area contributed by atoms with Gasteiger partial charge in [-0.2, -0.15) is 13.2 Å². The van der Waals surface area contributed by atoms with E-state index in [0.29, 0.717) is 0 Å². The molecular formula is C10H10BrF3N2O2S. The molecule has 0 atom stereocenters. The van der Waals surface area contributed by atoms with Gasteiger partial charge in [-0.1, -0.05) is 15.9 Å². The summed E-state index contributed by atoms with van der Waals surface area (Å²) in [6, 6.07) is 1.71. The summed E-state index contributed by atoms with van der Waals surface area (Å²) in [4.78, 5) is 0. The predicted molar refractivity (Wildman–Crippen MR) is 69.6 cm³/mol. The summed E-state index contributed by atoms with van der Waals surface area (Å²) in [6.45, 7) is 0. The maximum absolute atomic E-state index is 12.9. The van der Waals surface area contributed by atoms with Crippen LogP contribution in [0.25, 0.3) is 0 Å². The Morgan fingerprint density at radius 3 is 2.37 bits per heavy atom. The maximum atomic E-state index is 12.9. The number of rotatable bonds is 2.